The van der Waals surface area contributed by atoms with Crippen LogP contribution in [0.1, 0.15) is 43.0 Å². The molecule has 0 fully saturated rings. The molecule has 0 spiro atoms. The van der Waals surface area contributed by atoms with Crippen molar-refractivity contribution in [3.8, 4) is 5.88 Å². The maximum atomic E-state index is 5.73. The smallest absolute Gasteiger partial charge is 0.217 e. The lowest BCUT2D eigenvalue weighted by Crippen LogP contribution is -2.21. The minimum Gasteiger partial charge on any atom is -0.477 e. The molecule has 2 aliphatic rings. The summed E-state index contributed by atoms with van der Waals surface area (Å²) in [7, 11) is 5.97. The molecule has 0 amide bonds. The Bertz CT molecular complexity index is 485. The fraction of sp³-hybridized carbons (Fsp3) is 0.643. The van der Waals surface area contributed by atoms with E-state index in [0.29, 0.717) is 5.16 Å². The van der Waals surface area contributed by atoms with E-state index in [1.54, 1.807) is 0 Å². The summed E-state index contributed by atoms with van der Waals surface area (Å²) in [6.07, 6.45) is 6.89. The molecule has 1 aromatic rings. The quantitative estimate of drug-likeness (QED) is 0.538. The Morgan fingerprint density at radius 2 is 1.94 bits per heavy atom. The average Bonchev–Trinajstić information content (AvgIpc) is 2.50. The average molecular weight is 281 g/mol. The molecule has 0 saturated heterocycles. The monoisotopic (exact) mass is 281 g/mol. The maximum Gasteiger partial charge on any atom is 0.217 e. The molecule has 0 N–H and O–H groups in total. The van der Waals surface area contributed by atoms with Gasteiger partial charge in [-0.2, -0.15) is 0 Å². The predicted octanol–water partition coefficient (Wildman–Crippen LogP) is 2.42. The first-order valence-corrected chi connectivity index (χ1v) is 7.94. The van der Waals surface area contributed by atoms with Crippen molar-refractivity contribution < 1.29 is 4.74 Å². The zero-order valence-corrected chi connectivity index (χ0v) is 13.3. The van der Waals surface area contributed by atoms with Gasteiger partial charge in [-0.15, -0.1) is 18.5 Å². The lowest BCUT2D eigenvalue weighted by atomic mass is 10.00. The van der Waals surface area contributed by atoms with Crippen LogP contribution in [0.5, 0.6) is 5.88 Å². The number of pyridine rings is 1. The molecule has 1 aliphatic heterocycles. The van der Waals surface area contributed by atoms with Crippen molar-refractivity contribution in [2.75, 3.05) is 6.61 Å². The molecule has 0 bridgehead atoms. The Hall–Kier alpha value is -0.190. The molecular weight excluding hydrogens is 260 g/mol. The van der Waals surface area contributed by atoms with Crippen LogP contribution in [-0.2, 0) is 19.3 Å². The molecule has 2 heterocycles. The number of rotatable bonds is 0. The summed E-state index contributed by atoms with van der Waals surface area (Å²) in [6, 6.07) is 0. The second-order valence-corrected chi connectivity index (χ2v) is 7.81. The number of nitrogens with zero attached hydrogens (tertiary/aromatic N) is 1. The van der Waals surface area contributed by atoms with E-state index in [1.807, 2.05) is 0 Å². The Labute approximate surface area is 114 Å². The summed E-state index contributed by atoms with van der Waals surface area (Å²) in [5, 5.41) is 1.73. The zero-order chi connectivity index (χ0) is 12.8. The molecule has 3 unspecified atom stereocenters. The van der Waals surface area contributed by atoms with Crippen molar-refractivity contribution in [3.05, 3.63) is 16.8 Å². The van der Waals surface area contributed by atoms with Gasteiger partial charge in [-0.25, -0.2) is 4.98 Å². The normalized spacial score (nSPS) is 26.8. The third kappa shape index (κ3) is 2.30. The van der Waals surface area contributed by atoms with Crippen LogP contribution < -0.4 is 10.0 Å². The van der Waals surface area contributed by atoms with Gasteiger partial charge in [0.1, 0.15) is 0 Å². The number of ether oxygens (including phenoxy) is 1. The summed E-state index contributed by atoms with van der Waals surface area (Å²) in [6.45, 7) is 3.16. The minimum absolute atomic E-state index is 0.360. The molecule has 1 aliphatic carbocycles. The van der Waals surface area contributed by atoms with Gasteiger partial charge in [-0.05, 0) is 54.5 Å². The second-order valence-electron chi connectivity index (χ2n) is 5.84. The van der Waals surface area contributed by atoms with Crippen LogP contribution in [0.2, 0.25) is 0 Å². The predicted molar refractivity (Wildman–Crippen MR) is 82.2 cm³/mol. The first-order chi connectivity index (χ1) is 8.57. The van der Waals surface area contributed by atoms with Crippen LogP contribution in [0, 0.1) is 0 Å². The lowest BCUT2D eigenvalue weighted by Gasteiger charge is -2.21. The molecule has 0 saturated carbocycles. The molecular formula is C14H21NOP2. The minimum atomic E-state index is 0.360. The highest BCUT2D eigenvalue weighted by molar-refractivity contribution is 7.27. The van der Waals surface area contributed by atoms with E-state index in [-0.39, 0.29) is 0 Å². The number of hydrogen-bond acceptors (Lipinski definition) is 2. The first-order valence-electron chi connectivity index (χ1n) is 6.79. The Morgan fingerprint density at radius 1 is 1.17 bits per heavy atom. The van der Waals surface area contributed by atoms with Gasteiger partial charge in [-0.3, -0.25) is 0 Å². The molecule has 0 aromatic carbocycles. The summed E-state index contributed by atoms with van der Waals surface area (Å²) >= 11 is 0. The van der Waals surface area contributed by atoms with Crippen LogP contribution in [0.3, 0.4) is 0 Å². The highest BCUT2D eigenvalue weighted by atomic mass is 31.0. The first kappa shape index (κ1) is 12.8. The fourth-order valence-electron chi connectivity index (χ4n) is 2.91. The molecule has 0 radical (unpaired) electrons. The van der Waals surface area contributed by atoms with Crippen molar-refractivity contribution in [1.82, 2.24) is 4.98 Å². The van der Waals surface area contributed by atoms with E-state index < -0.39 is 0 Å². The number of fused-ring (bicyclic) bond motifs is 2. The summed E-state index contributed by atoms with van der Waals surface area (Å²) in [4.78, 5) is 4.80. The zero-order valence-electron chi connectivity index (χ0n) is 11.0. The summed E-state index contributed by atoms with van der Waals surface area (Å²) < 4.78 is 5.73. The maximum absolute atomic E-state index is 5.73. The summed E-state index contributed by atoms with van der Waals surface area (Å²) in [5.74, 6) is 0.900. The highest BCUT2D eigenvalue weighted by Crippen LogP contribution is 2.35. The van der Waals surface area contributed by atoms with E-state index in [0.717, 1.165) is 38.2 Å². The largest absolute Gasteiger partial charge is 0.477 e. The van der Waals surface area contributed by atoms with Gasteiger partial charge in [0.15, 0.2) is 0 Å². The van der Waals surface area contributed by atoms with Gasteiger partial charge >= 0.3 is 0 Å². The standard InChI is InChI=1S/C14H21NOP2/c1-14(18)6-4-9-11(5-7-14)15-13-10(12(9)17)3-2-8-16-13/h2-8,17-18H2,1H3. The van der Waals surface area contributed by atoms with E-state index in [1.165, 1.54) is 35.0 Å². The van der Waals surface area contributed by atoms with Gasteiger partial charge in [0.25, 0.3) is 0 Å². The molecule has 2 nitrogen and oxygen atoms in total. The van der Waals surface area contributed by atoms with Crippen molar-refractivity contribution in [2.45, 2.75) is 50.6 Å². The van der Waals surface area contributed by atoms with Gasteiger partial charge in [-0.1, -0.05) is 6.92 Å². The molecule has 18 heavy (non-hydrogen) atoms. The van der Waals surface area contributed by atoms with E-state index >= 15 is 0 Å². The fourth-order valence-corrected chi connectivity index (χ4v) is 3.78. The van der Waals surface area contributed by atoms with Gasteiger partial charge in [0, 0.05) is 11.3 Å². The van der Waals surface area contributed by atoms with Gasteiger partial charge in [0.2, 0.25) is 5.88 Å². The Balaban J connectivity index is 2.05. The van der Waals surface area contributed by atoms with Crippen molar-refractivity contribution in [3.63, 3.8) is 0 Å². The molecule has 98 valence electrons. The molecule has 3 rings (SSSR count). The highest BCUT2D eigenvalue weighted by Gasteiger charge is 2.27. The number of aromatic nitrogens is 1. The van der Waals surface area contributed by atoms with Crippen molar-refractivity contribution in [1.29, 1.82) is 0 Å². The van der Waals surface area contributed by atoms with Crippen LogP contribution in [0.25, 0.3) is 0 Å². The van der Waals surface area contributed by atoms with Crippen molar-refractivity contribution in [2.24, 2.45) is 0 Å². The third-order valence-electron chi connectivity index (χ3n) is 4.18. The molecule has 4 heteroatoms. The van der Waals surface area contributed by atoms with E-state index in [2.05, 4.69) is 25.4 Å². The Morgan fingerprint density at radius 3 is 2.78 bits per heavy atom. The van der Waals surface area contributed by atoms with Gasteiger partial charge < -0.3 is 4.74 Å². The van der Waals surface area contributed by atoms with Crippen LogP contribution >= 0.6 is 18.5 Å². The summed E-state index contributed by atoms with van der Waals surface area (Å²) in [5.41, 5.74) is 4.07. The van der Waals surface area contributed by atoms with Crippen molar-refractivity contribution >= 4 is 23.8 Å². The van der Waals surface area contributed by atoms with Crippen LogP contribution in [0.15, 0.2) is 0 Å². The number of aryl methyl sites for hydroxylation is 1. The van der Waals surface area contributed by atoms with Crippen LogP contribution in [-0.4, -0.2) is 16.7 Å². The van der Waals surface area contributed by atoms with E-state index in [9.17, 15) is 0 Å². The van der Waals surface area contributed by atoms with Crippen LogP contribution in [0.4, 0.5) is 0 Å². The van der Waals surface area contributed by atoms with E-state index in [4.69, 9.17) is 9.72 Å². The molecule has 1 aromatic heterocycles. The lowest BCUT2D eigenvalue weighted by molar-refractivity contribution is 0.276. The SMILES string of the molecule is CC1(P)CCc2nc3c(c(P)c2CC1)CCCO3. The number of hydrogen-bond donors (Lipinski definition) is 0. The topological polar surface area (TPSA) is 22.1 Å². The Kier molecular flexibility index (Phi) is 3.37. The van der Waals surface area contributed by atoms with Gasteiger partial charge in [0.05, 0.1) is 6.61 Å². The third-order valence-corrected chi connectivity index (χ3v) is 5.46. The second kappa shape index (κ2) is 4.73. The molecule has 3 atom stereocenters.